The van der Waals surface area contributed by atoms with Crippen molar-refractivity contribution in [3.63, 3.8) is 0 Å². The van der Waals surface area contributed by atoms with Crippen LogP contribution in [0.1, 0.15) is 32.8 Å². The Kier molecular flexibility index (Phi) is 4.92. The third kappa shape index (κ3) is 4.30. The minimum atomic E-state index is -2.99. The fourth-order valence-electron chi connectivity index (χ4n) is 2.79. The normalized spacial score (nSPS) is 24.9. The number of sulfone groups is 1. The Labute approximate surface area is 132 Å². The van der Waals surface area contributed by atoms with Crippen LogP contribution in [-0.4, -0.2) is 37.4 Å². The van der Waals surface area contributed by atoms with E-state index in [1.807, 2.05) is 31.2 Å². The van der Waals surface area contributed by atoms with Crippen molar-refractivity contribution in [1.29, 1.82) is 0 Å². The summed E-state index contributed by atoms with van der Waals surface area (Å²) in [5.41, 5.74) is 1.44. The molecule has 0 unspecified atom stereocenters. The van der Waals surface area contributed by atoms with Crippen LogP contribution < -0.4 is 10.6 Å². The predicted molar refractivity (Wildman–Crippen MR) is 88.7 cm³/mol. The lowest BCUT2D eigenvalue weighted by Crippen LogP contribution is -2.52. The van der Waals surface area contributed by atoms with Gasteiger partial charge in [-0.1, -0.05) is 19.1 Å². The van der Waals surface area contributed by atoms with E-state index in [2.05, 4.69) is 17.6 Å². The highest BCUT2D eigenvalue weighted by Crippen LogP contribution is 2.23. The number of anilines is 1. The lowest BCUT2D eigenvalue weighted by molar-refractivity contribution is -0.118. The van der Waals surface area contributed by atoms with E-state index in [9.17, 15) is 13.2 Å². The molecule has 0 spiro atoms. The lowest BCUT2D eigenvalue weighted by atomic mass is 10.0. The molecule has 1 aromatic rings. The summed E-state index contributed by atoms with van der Waals surface area (Å²) in [5, 5.41) is 6.02. The molecule has 2 atom stereocenters. The number of nitrogens with one attached hydrogen (secondary N) is 2. The first kappa shape index (κ1) is 17.0. The molecule has 0 aliphatic carbocycles. The Hall–Kier alpha value is -1.40. The van der Waals surface area contributed by atoms with Crippen molar-refractivity contribution in [2.45, 2.75) is 45.2 Å². The zero-order chi connectivity index (χ0) is 16.4. The van der Waals surface area contributed by atoms with E-state index in [0.717, 1.165) is 12.1 Å². The third-order valence-electron chi connectivity index (χ3n) is 4.09. The molecule has 1 aliphatic heterocycles. The van der Waals surface area contributed by atoms with Gasteiger partial charge in [0.2, 0.25) is 5.91 Å². The van der Waals surface area contributed by atoms with Gasteiger partial charge in [-0.05, 0) is 44.4 Å². The molecule has 6 heteroatoms. The van der Waals surface area contributed by atoms with Gasteiger partial charge in [0.15, 0.2) is 9.84 Å². The molecule has 2 N–H and O–H groups in total. The van der Waals surface area contributed by atoms with Gasteiger partial charge in [0.25, 0.3) is 0 Å². The van der Waals surface area contributed by atoms with Gasteiger partial charge in [-0.2, -0.15) is 0 Å². The van der Waals surface area contributed by atoms with Crippen LogP contribution in [0.4, 0.5) is 5.69 Å². The first-order chi connectivity index (χ1) is 10.2. The fourth-order valence-corrected chi connectivity index (χ4v) is 4.89. The average Bonchev–Trinajstić information content (AvgIpc) is 2.73. The van der Waals surface area contributed by atoms with E-state index in [1.54, 1.807) is 6.92 Å². The van der Waals surface area contributed by atoms with Crippen LogP contribution >= 0.6 is 0 Å². The maximum atomic E-state index is 12.2. The highest BCUT2D eigenvalue weighted by atomic mass is 32.2. The molecule has 5 nitrogen and oxygen atoms in total. The summed E-state index contributed by atoms with van der Waals surface area (Å²) in [4.78, 5) is 12.2. The molecule has 2 rings (SSSR count). The standard InChI is InChI=1S/C16H24N2O3S/c1-4-13-5-7-14(8-6-13)17-15(19)12(2)18-16(3)9-10-22(20,21)11-16/h5-8,12,18H,4,9-11H2,1-3H3,(H,17,19)/t12-,16+/m1/s1. The van der Waals surface area contributed by atoms with Crippen LogP contribution in [0.25, 0.3) is 0 Å². The van der Waals surface area contributed by atoms with Gasteiger partial charge < -0.3 is 5.32 Å². The second-order valence-corrected chi connectivity index (χ2v) is 8.49. The lowest BCUT2D eigenvalue weighted by Gasteiger charge is -2.28. The largest absolute Gasteiger partial charge is 0.325 e. The zero-order valence-electron chi connectivity index (χ0n) is 13.3. The SMILES string of the molecule is CCc1ccc(NC(=O)[C@@H](C)N[C@@]2(C)CCS(=O)(=O)C2)cc1. The minimum Gasteiger partial charge on any atom is -0.325 e. The van der Waals surface area contributed by atoms with Crippen molar-refractivity contribution in [1.82, 2.24) is 5.32 Å². The van der Waals surface area contributed by atoms with Gasteiger partial charge in [-0.15, -0.1) is 0 Å². The first-order valence-electron chi connectivity index (χ1n) is 7.61. The summed E-state index contributed by atoms with van der Waals surface area (Å²) >= 11 is 0. The summed E-state index contributed by atoms with van der Waals surface area (Å²) in [7, 11) is -2.99. The summed E-state index contributed by atoms with van der Waals surface area (Å²) < 4.78 is 23.2. The first-order valence-corrected chi connectivity index (χ1v) is 9.43. The molecule has 0 radical (unpaired) electrons. The van der Waals surface area contributed by atoms with Crippen molar-refractivity contribution < 1.29 is 13.2 Å². The number of rotatable bonds is 5. The van der Waals surface area contributed by atoms with Crippen molar-refractivity contribution in [2.24, 2.45) is 0 Å². The number of carbonyl (C=O) groups excluding carboxylic acids is 1. The molecular formula is C16H24N2O3S. The van der Waals surface area contributed by atoms with Crippen LogP contribution in [0.3, 0.4) is 0 Å². The molecule has 0 saturated carbocycles. The molecule has 1 amide bonds. The Morgan fingerprint density at radius 2 is 1.95 bits per heavy atom. The van der Waals surface area contributed by atoms with Gasteiger partial charge in [-0.3, -0.25) is 10.1 Å². The number of amides is 1. The smallest absolute Gasteiger partial charge is 0.241 e. The van der Waals surface area contributed by atoms with E-state index < -0.39 is 21.4 Å². The van der Waals surface area contributed by atoms with Gasteiger partial charge >= 0.3 is 0 Å². The van der Waals surface area contributed by atoms with Crippen molar-refractivity contribution in [3.05, 3.63) is 29.8 Å². The molecule has 1 aromatic carbocycles. The van der Waals surface area contributed by atoms with Crippen LogP contribution in [0.2, 0.25) is 0 Å². The molecule has 22 heavy (non-hydrogen) atoms. The van der Waals surface area contributed by atoms with Crippen molar-refractivity contribution >= 4 is 21.4 Å². The van der Waals surface area contributed by atoms with Gasteiger partial charge in [0, 0.05) is 11.2 Å². The molecule has 122 valence electrons. The number of benzene rings is 1. The fraction of sp³-hybridized carbons (Fsp3) is 0.562. The summed E-state index contributed by atoms with van der Waals surface area (Å²) in [5.74, 6) is 0.112. The molecule has 0 aromatic heterocycles. The number of hydrogen-bond acceptors (Lipinski definition) is 4. The highest BCUT2D eigenvalue weighted by Gasteiger charge is 2.39. The van der Waals surface area contributed by atoms with E-state index in [4.69, 9.17) is 0 Å². The average molecular weight is 324 g/mol. The Morgan fingerprint density at radius 1 is 1.32 bits per heavy atom. The summed E-state index contributed by atoms with van der Waals surface area (Å²) in [6.07, 6.45) is 1.50. The summed E-state index contributed by atoms with van der Waals surface area (Å²) in [6, 6.07) is 7.28. The third-order valence-corrected chi connectivity index (χ3v) is 5.99. The maximum absolute atomic E-state index is 12.2. The Bertz CT molecular complexity index is 640. The van der Waals surface area contributed by atoms with Gasteiger partial charge in [0.1, 0.15) is 0 Å². The Morgan fingerprint density at radius 3 is 2.45 bits per heavy atom. The van der Waals surface area contributed by atoms with Crippen LogP contribution in [0.5, 0.6) is 0 Å². The quantitative estimate of drug-likeness (QED) is 0.865. The minimum absolute atomic E-state index is 0.0861. The predicted octanol–water partition coefficient (Wildman–Crippen LogP) is 1.74. The molecule has 1 fully saturated rings. The van der Waals surface area contributed by atoms with E-state index in [1.165, 1.54) is 5.56 Å². The van der Waals surface area contributed by atoms with E-state index in [-0.39, 0.29) is 17.4 Å². The maximum Gasteiger partial charge on any atom is 0.241 e. The molecule has 1 saturated heterocycles. The number of hydrogen-bond donors (Lipinski definition) is 2. The summed E-state index contributed by atoms with van der Waals surface area (Å²) in [6.45, 7) is 5.69. The Balaban J connectivity index is 1.94. The molecule has 1 aliphatic rings. The molecule has 0 bridgehead atoms. The van der Waals surface area contributed by atoms with E-state index in [0.29, 0.717) is 6.42 Å². The highest BCUT2D eigenvalue weighted by molar-refractivity contribution is 7.91. The van der Waals surface area contributed by atoms with Crippen molar-refractivity contribution in [2.75, 3.05) is 16.8 Å². The van der Waals surface area contributed by atoms with E-state index >= 15 is 0 Å². The molecule has 1 heterocycles. The monoisotopic (exact) mass is 324 g/mol. The second kappa shape index (κ2) is 6.38. The number of aryl methyl sites for hydroxylation is 1. The van der Waals surface area contributed by atoms with Crippen LogP contribution in [-0.2, 0) is 21.1 Å². The molecular weight excluding hydrogens is 300 g/mol. The van der Waals surface area contributed by atoms with Crippen LogP contribution in [0.15, 0.2) is 24.3 Å². The van der Waals surface area contributed by atoms with Gasteiger partial charge in [0.05, 0.1) is 17.5 Å². The van der Waals surface area contributed by atoms with Gasteiger partial charge in [-0.25, -0.2) is 8.42 Å². The van der Waals surface area contributed by atoms with Crippen LogP contribution in [0, 0.1) is 0 Å². The zero-order valence-corrected chi connectivity index (χ0v) is 14.2. The second-order valence-electron chi connectivity index (χ2n) is 6.31. The number of carbonyl (C=O) groups is 1. The topological polar surface area (TPSA) is 75.3 Å². The van der Waals surface area contributed by atoms with Crippen molar-refractivity contribution in [3.8, 4) is 0 Å².